The first-order chi connectivity index (χ1) is 7.16. The summed E-state index contributed by atoms with van der Waals surface area (Å²) in [5, 5.41) is 15.5. The van der Waals surface area contributed by atoms with E-state index in [-0.39, 0.29) is 5.88 Å². The lowest BCUT2D eigenvalue weighted by Crippen LogP contribution is -2.54. The third-order valence-electron chi connectivity index (χ3n) is 2.31. The maximum Gasteiger partial charge on any atom is 0.322 e. The van der Waals surface area contributed by atoms with Gasteiger partial charge in [-0.2, -0.15) is 0 Å². The second kappa shape index (κ2) is 3.77. The van der Waals surface area contributed by atoms with E-state index in [0.717, 1.165) is 0 Å². The van der Waals surface area contributed by atoms with Gasteiger partial charge in [-0.15, -0.1) is 0 Å². The van der Waals surface area contributed by atoms with Crippen molar-refractivity contribution in [2.75, 3.05) is 30.3 Å². The fourth-order valence-electron chi connectivity index (χ4n) is 1.55. The molecular weight excluding hydrogens is 200 g/mol. The monoisotopic (exact) mass is 212 g/mol. The SMILES string of the molecule is Nc1cc(N2CCNC(C(=O)O)C2)no1. The minimum atomic E-state index is -0.865. The molecule has 0 radical (unpaired) electrons. The summed E-state index contributed by atoms with van der Waals surface area (Å²) in [5.41, 5.74) is 5.39. The van der Waals surface area contributed by atoms with Crippen LogP contribution < -0.4 is 16.0 Å². The van der Waals surface area contributed by atoms with Crippen molar-refractivity contribution in [1.82, 2.24) is 10.5 Å². The zero-order chi connectivity index (χ0) is 10.8. The molecule has 1 saturated heterocycles. The number of nitrogens with two attached hydrogens (primary N) is 1. The van der Waals surface area contributed by atoms with E-state index < -0.39 is 12.0 Å². The minimum Gasteiger partial charge on any atom is -0.480 e. The van der Waals surface area contributed by atoms with Crippen LogP contribution in [0.3, 0.4) is 0 Å². The van der Waals surface area contributed by atoms with Crippen molar-refractivity contribution in [2.24, 2.45) is 0 Å². The Morgan fingerprint density at radius 3 is 3.20 bits per heavy atom. The average molecular weight is 212 g/mol. The summed E-state index contributed by atoms with van der Waals surface area (Å²) in [4.78, 5) is 12.6. The molecule has 0 aliphatic carbocycles. The summed E-state index contributed by atoms with van der Waals surface area (Å²) in [6.07, 6.45) is 0. The maximum atomic E-state index is 10.8. The topological polar surface area (TPSA) is 105 Å². The molecule has 1 aliphatic heterocycles. The summed E-state index contributed by atoms with van der Waals surface area (Å²) in [5.74, 6) is -0.0492. The molecule has 1 aromatic heterocycles. The van der Waals surface area contributed by atoms with Gasteiger partial charge in [-0.3, -0.25) is 4.79 Å². The lowest BCUT2D eigenvalue weighted by molar-refractivity contribution is -0.139. The number of hydrogen-bond acceptors (Lipinski definition) is 6. The molecule has 15 heavy (non-hydrogen) atoms. The largest absolute Gasteiger partial charge is 0.480 e. The molecule has 0 bridgehead atoms. The predicted octanol–water partition coefficient (Wildman–Crippen LogP) is -0.880. The van der Waals surface area contributed by atoms with Crippen molar-refractivity contribution in [1.29, 1.82) is 0 Å². The maximum absolute atomic E-state index is 10.8. The predicted molar refractivity (Wildman–Crippen MR) is 52.6 cm³/mol. The zero-order valence-corrected chi connectivity index (χ0v) is 8.01. The Labute approximate surface area is 85.8 Å². The molecule has 7 heteroatoms. The highest BCUT2D eigenvalue weighted by Crippen LogP contribution is 2.17. The molecule has 1 fully saturated rings. The van der Waals surface area contributed by atoms with Crippen molar-refractivity contribution in [3.8, 4) is 0 Å². The van der Waals surface area contributed by atoms with Gasteiger partial charge in [0.05, 0.1) is 0 Å². The van der Waals surface area contributed by atoms with Crippen LogP contribution in [-0.2, 0) is 4.79 Å². The second-order valence-corrected chi connectivity index (χ2v) is 3.38. The van der Waals surface area contributed by atoms with E-state index >= 15 is 0 Å². The number of piperazine rings is 1. The molecule has 82 valence electrons. The van der Waals surface area contributed by atoms with E-state index in [1.54, 1.807) is 6.07 Å². The van der Waals surface area contributed by atoms with Gasteiger partial charge in [0.15, 0.2) is 5.82 Å². The van der Waals surface area contributed by atoms with E-state index in [1.165, 1.54) is 0 Å². The van der Waals surface area contributed by atoms with E-state index in [9.17, 15) is 4.79 Å². The fourth-order valence-corrected chi connectivity index (χ4v) is 1.55. The molecule has 4 N–H and O–H groups in total. The summed E-state index contributed by atoms with van der Waals surface area (Å²) in [6.45, 7) is 1.65. The molecule has 7 nitrogen and oxygen atoms in total. The number of anilines is 2. The average Bonchev–Trinajstić information content (AvgIpc) is 2.65. The summed E-state index contributed by atoms with van der Waals surface area (Å²) < 4.78 is 4.73. The molecule has 1 aliphatic rings. The molecule has 0 aromatic carbocycles. The highest BCUT2D eigenvalue weighted by Gasteiger charge is 2.26. The van der Waals surface area contributed by atoms with Crippen molar-refractivity contribution in [2.45, 2.75) is 6.04 Å². The first kappa shape index (κ1) is 9.78. The van der Waals surface area contributed by atoms with E-state index in [2.05, 4.69) is 10.5 Å². The highest BCUT2D eigenvalue weighted by atomic mass is 16.5. The normalized spacial score (nSPS) is 21.6. The Bertz CT molecular complexity index is 365. The third-order valence-corrected chi connectivity index (χ3v) is 2.31. The van der Waals surface area contributed by atoms with Crippen LogP contribution in [0.2, 0.25) is 0 Å². The van der Waals surface area contributed by atoms with Gasteiger partial charge < -0.3 is 25.6 Å². The lowest BCUT2D eigenvalue weighted by Gasteiger charge is -2.31. The molecule has 1 atom stereocenters. The molecule has 2 heterocycles. The Balaban J connectivity index is 2.07. The number of nitrogen functional groups attached to an aromatic ring is 1. The molecule has 0 saturated carbocycles. The van der Waals surface area contributed by atoms with Crippen LogP contribution >= 0.6 is 0 Å². The molecule has 1 unspecified atom stereocenters. The zero-order valence-electron chi connectivity index (χ0n) is 8.01. The van der Waals surface area contributed by atoms with Crippen molar-refractivity contribution < 1.29 is 14.4 Å². The number of carboxylic acids is 1. The van der Waals surface area contributed by atoms with Crippen LogP contribution in [-0.4, -0.2) is 41.9 Å². The standard InChI is InChI=1S/C8H12N4O3/c9-6-3-7(11-15-6)12-2-1-10-5(4-12)8(13)14/h3,5,10H,1-2,4,9H2,(H,13,14). The second-order valence-electron chi connectivity index (χ2n) is 3.38. The number of rotatable bonds is 2. The third kappa shape index (κ3) is 2.01. The fraction of sp³-hybridized carbons (Fsp3) is 0.500. The van der Waals surface area contributed by atoms with Crippen molar-refractivity contribution >= 4 is 17.7 Å². The number of carbonyl (C=O) groups is 1. The Morgan fingerprint density at radius 1 is 1.80 bits per heavy atom. The van der Waals surface area contributed by atoms with Crippen molar-refractivity contribution in [3.05, 3.63) is 6.07 Å². The first-order valence-electron chi connectivity index (χ1n) is 4.60. The van der Waals surface area contributed by atoms with Crippen LogP contribution in [0.1, 0.15) is 0 Å². The van der Waals surface area contributed by atoms with Crippen LogP contribution in [0, 0.1) is 0 Å². The Morgan fingerprint density at radius 2 is 2.60 bits per heavy atom. The Hall–Kier alpha value is -1.76. The number of hydrogen-bond donors (Lipinski definition) is 3. The molecule has 1 aromatic rings. The van der Waals surface area contributed by atoms with Gasteiger partial charge in [-0.25, -0.2) is 0 Å². The van der Waals surface area contributed by atoms with Gasteiger partial charge in [0.1, 0.15) is 6.04 Å². The number of nitrogens with one attached hydrogen (secondary N) is 1. The quantitative estimate of drug-likeness (QED) is 0.584. The van der Waals surface area contributed by atoms with Gasteiger partial charge in [0, 0.05) is 25.7 Å². The van der Waals surface area contributed by atoms with Crippen LogP contribution in [0.15, 0.2) is 10.6 Å². The molecular formula is C8H12N4O3. The summed E-state index contributed by atoms with van der Waals surface area (Å²) >= 11 is 0. The van der Waals surface area contributed by atoms with Crippen LogP contribution in [0.4, 0.5) is 11.7 Å². The summed E-state index contributed by atoms with van der Waals surface area (Å²) in [6, 6.07) is 1.02. The number of nitrogens with zero attached hydrogens (tertiary/aromatic N) is 2. The molecule has 2 rings (SSSR count). The van der Waals surface area contributed by atoms with Gasteiger partial charge in [0.25, 0.3) is 0 Å². The van der Waals surface area contributed by atoms with Gasteiger partial charge in [-0.1, -0.05) is 5.16 Å². The number of aromatic nitrogens is 1. The van der Waals surface area contributed by atoms with Crippen molar-refractivity contribution in [3.63, 3.8) is 0 Å². The van der Waals surface area contributed by atoms with E-state index in [1.807, 2.05) is 4.90 Å². The van der Waals surface area contributed by atoms with E-state index in [0.29, 0.717) is 25.5 Å². The minimum absolute atomic E-state index is 0.232. The van der Waals surface area contributed by atoms with Crippen LogP contribution in [0.5, 0.6) is 0 Å². The van der Waals surface area contributed by atoms with E-state index in [4.69, 9.17) is 15.4 Å². The molecule has 0 amide bonds. The first-order valence-corrected chi connectivity index (χ1v) is 4.60. The van der Waals surface area contributed by atoms with Gasteiger partial charge in [0.2, 0.25) is 5.88 Å². The van der Waals surface area contributed by atoms with Crippen LogP contribution in [0.25, 0.3) is 0 Å². The summed E-state index contributed by atoms with van der Waals surface area (Å²) in [7, 11) is 0. The molecule has 0 spiro atoms. The smallest absolute Gasteiger partial charge is 0.322 e. The highest BCUT2D eigenvalue weighted by molar-refractivity contribution is 5.74. The number of aliphatic carboxylic acids is 1. The lowest BCUT2D eigenvalue weighted by atomic mass is 10.2. The number of carboxylic acid groups (broad SMARTS) is 1. The van der Waals surface area contributed by atoms with Gasteiger partial charge >= 0.3 is 5.97 Å². The Kier molecular flexibility index (Phi) is 2.46. The van der Waals surface area contributed by atoms with Gasteiger partial charge in [-0.05, 0) is 0 Å².